The molecular weight excluding hydrogens is 448 g/mol. The minimum atomic E-state index is -0.251. The number of hydrogen-bond donors (Lipinski definition) is 1. The lowest BCUT2D eigenvalue weighted by atomic mass is 10.1. The Kier molecular flexibility index (Phi) is 8.23. The summed E-state index contributed by atoms with van der Waals surface area (Å²) in [6.45, 7) is 3.77. The largest absolute Gasteiger partial charge is 0.490 e. The van der Waals surface area contributed by atoms with E-state index in [4.69, 9.17) is 44.3 Å². The van der Waals surface area contributed by atoms with Crippen LogP contribution in [0.1, 0.15) is 23.6 Å². The molecule has 3 rings (SSSR count). The van der Waals surface area contributed by atoms with E-state index in [0.717, 1.165) is 16.7 Å². The first-order valence-corrected chi connectivity index (χ1v) is 10.6. The number of halogens is 4. The molecule has 0 saturated carbocycles. The van der Waals surface area contributed by atoms with Gasteiger partial charge in [-0.15, -0.1) is 0 Å². The maximum absolute atomic E-state index is 13.0. The smallest absolute Gasteiger partial charge is 0.163 e. The van der Waals surface area contributed by atoms with E-state index in [2.05, 4.69) is 5.32 Å². The highest BCUT2D eigenvalue weighted by Gasteiger charge is 2.12. The zero-order valence-corrected chi connectivity index (χ0v) is 18.6. The van der Waals surface area contributed by atoms with Crippen LogP contribution in [0.3, 0.4) is 0 Å². The Labute approximate surface area is 190 Å². The molecule has 0 fully saturated rings. The summed E-state index contributed by atoms with van der Waals surface area (Å²) < 4.78 is 24.7. The van der Waals surface area contributed by atoms with Gasteiger partial charge < -0.3 is 14.8 Å². The molecule has 7 heteroatoms. The van der Waals surface area contributed by atoms with E-state index in [1.54, 1.807) is 30.3 Å². The van der Waals surface area contributed by atoms with E-state index in [1.165, 1.54) is 12.1 Å². The van der Waals surface area contributed by atoms with Gasteiger partial charge in [-0.1, -0.05) is 53.0 Å². The fourth-order valence-electron chi connectivity index (χ4n) is 2.83. The molecule has 0 radical (unpaired) electrons. The van der Waals surface area contributed by atoms with Crippen molar-refractivity contribution in [2.75, 3.05) is 6.61 Å². The summed E-state index contributed by atoms with van der Waals surface area (Å²) in [7, 11) is 0. The van der Waals surface area contributed by atoms with E-state index in [-0.39, 0.29) is 12.4 Å². The van der Waals surface area contributed by atoms with Crippen LogP contribution in [0.5, 0.6) is 11.5 Å². The molecule has 158 valence electrons. The summed E-state index contributed by atoms with van der Waals surface area (Å²) in [5.74, 6) is 0.888. The van der Waals surface area contributed by atoms with E-state index in [0.29, 0.717) is 46.3 Å². The highest BCUT2D eigenvalue weighted by Crippen LogP contribution is 2.35. The first kappa shape index (κ1) is 22.7. The van der Waals surface area contributed by atoms with Crippen LogP contribution in [0, 0.1) is 5.82 Å². The molecule has 0 amide bonds. The Morgan fingerprint density at radius 2 is 1.50 bits per heavy atom. The number of rotatable bonds is 9. The molecule has 30 heavy (non-hydrogen) atoms. The maximum atomic E-state index is 13.0. The predicted octanol–water partition coefficient (Wildman–Crippen LogP) is 7.05. The molecule has 1 N–H and O–H groups in total. The molecule has 0 bridgehead atoms. The monoisotopic (exact) mass is 467 g/mol. The first-order valence-electron chi connectivity index (χ1n) is 9.43. The van der Waals surface area contributed by atoms with Crippen LogP contribution in [0.4, 0.5) is 4.39 Å². The fraction of sp³-hybridized carbons (Fsp3) is 0.217. The van der Waals surface area contributed by atoms with E-state index < -0.39 is 0 Å². The van der Waals surface area contributed by atoms with Crippen molar-refractivity contribution < 1.29 is 13.9 Å². The van der Waals surface area contributed by atoms with Crippen molar-refractivity contribution in [2.45, 2.75) is 26.6 Å². The second-order valence-corrected chi connectivity index (χ2v) is 7.83. The number of ether oxygens (including phenoxy) is 2. The third kappa shape index (κ3) is 6.26. The fourth-order valence-corrected chi connectivity index (χ4v) is 3.52. The number of benzene rings is 3. The van der Waals surface area contributed by atoms with Crippen molar-refractivity contribution in [3.63, 3.8) is 0 Å². The normalized spacial score (nSPS) is 10.8. The summed E-state index contributed by atoms with van der Waals surface area (Å²) in [6, 6.07) is 15.2. The zero-order chi connectivity index (χ0) is 21.5. The van der Waals surface area contributed by atoms with Crippen molar-refractivity contribution in [1.29, 1.82) is 0 Å². The van der Waals surface area contributed by atoms with Gasteiger partial charge in [-0.05, 0) is 48.4 Å². The quantitative estimate of drug-likeness (QED) is 0.365. The van der Waals surface area contributed by atoms with Crippen LogP contribution < -0.4 is 14.8 Å². The standard InChI is InChI=1S/C23H21Cl3FNO2/c1-2-29-22-9-17(13-28-12-15-3-7-19(27)8-4-15)21(26)11-23(22)30-14-16-5-6-18(24)10-20(16)25/h3-11,28H,2,12-14H2,1H3. The van der Waals surface area contributed by atoms with Crippen molar-refractivity contribution in [3.05, 3.63) is 92.2 Å². The topological polar surface area (TPSA) is 30.5 Å². The number of hydrogen-bond acceptors (Lipinski definition) is 3. The molecule has 0 spiro atoms. The minimum absolute atomic E-state index is 0.251. The summed E-state index contributed by atoms with van der Waals surface area (Å²) in [5, 5.41) is 4.97. The molecule has 3 aromatic carbocycles. The molecule has 0 aromatic heterocycles. The Hall–Kier alpha value is -1.98. The third-order valence-corrected chi connectivity index (χ3v) is 5.31. The van der Waals surface area contributed by atoms with Gasteiger partial charge in [0.25, 0.3) is 0 Å². The van der Waals surface area contributed by atoms with E-state index in [1.807, 2.05) is 19.1 Å². The van der Waals surface area contributed by atoms with E-state index in [9.17, 15) is 4.39 Å². The summed E-state index contributed by atoms with van der Waals surface area (Å²) in [4.78, 5) is 0. The van der Waals surface area contributed by atoms with Crippen molar-refractivity contribution >= 4 is 34.8 Å². The summed E-state index contributed by atoms with van der Waals surface area (Å²) >= 11 is 18.6. The second-order valence-electron chi connectivity index (χ2n) is 6.58. The Morgan fingerprint density at radius 1 is 0.800 bits per heavy atom. The third-order valence-electron chi connectivity index (χ3n) is 4.37. The van der Waals surface area contributed by atoms with Crippen molar-refractivity contribution in [3.8, 4) is 11.5 Å². The molecule has 0 aliphatic carbocycles. The molecule has 0 aliphatic heterocycles. The Bertz CT molecular complexity index is 996. The molecule has 0 heterocycles. The van der Waals surface area contributed by atoms with Crippen LogP contribution in [0.2, 0.25) is 15.1 Å². The average molecular weight is 469 g/mol. The van der Waals surface area contributed by atoms with Gasteiger partial charge in [-0.3, -0.25) is 0 Å². The molecule has 0 saturated heterocycles. The van der Waals surface area contributed by atoms with Crippen LogP contribution in [-0.4, -0.2) is 6.61 Å². The van der Waals surface area contributed by atoms with Gasteiger partial charge in [-0.2, -0.15) is 0 Å². The molecule has 0 unspecified atom stereocenters. The van der Waals surface area contributed by atoms with Crippen LogP contribution in [0.25, 0.3) is 0 Å². The van der Waals surface area contributed by atoms with E-state index >= 15 is 0 Å². The van der Waals surface area contributed by atoms with Gasteiger partial charge in [0, 0.05) is 39.8 Å². The number of nitrogens with one attached hydrogen (secondary N) is 1. The van der Waals surface area contributed by atoms with Gasteiger partial charge in [0.15, 0.2) is 11.5 Å². The lowest BCUT2D eigenvalue weighted by Crippen LogP contribution is -2.13. The van der Waals surface area contributed by atoms with Gasteiger partial charge in [0.1, 0.15) is 12.4 Å². The van der Waals surface area contributed by atoms with Crippen LogP contribution >= 0.6 is 34.8 Å². The molecule has 0 atom stereocenters. The zero-order valence-electron chi connectivity index (χ0n) is 16.4. The summed E-state index contributed by atoms with van der Waals surface area (Å²) in [6.07, 6.45) is 0. The van der Waals surface area contributed by atoms with Crippen molar-refractivity contribution in [2.24, 2.45) is 0 Å². The highest BCUT2D eigenvalue weighted by molar-refractivity contribution is 6.35. The average Bonchev–Trinajstić information content (AvgIpc) is 2.71. The minimum Gasteiger partial charge on any atom is -0.490 e. The Balaban J connectivity index is 1.68. The lowest BCUT2D eigenvalue weighted by Gasteiger charge is -2.16. The molecule has 0 aliphatic rings. The maximum Gasteiger partial charge on any atom is 0.163 e. The SMILES string of the molecule is CCOc1cc(CNCc2ccc(F)cc2)c(Cl)cc1OCc1ccc(Cl)cc1Cl. The Morgan fingerprint density at radius 3 is 2.20 bits per heavy atom. The highest BCUT2D eigenvalue weighted by atomic mass is 35.5. The first-order chi connectivity index (χ1) is 14.5. The van der Waals surface area contributed by atoms with Gasteiger partial charge in [0.05, 0.1) is 6.61 Å². The van der Waals surface area contributed by atoms with Crippen molar-refractivity contribution in [1.82, 2.24) is 5.32 Å². The van der Waals surface area contributed by atoms with Gasteiger partial charge >= 0.3 is 0 Å². The second kappa shape index (κ2) is 10.9. The van der Waals surface area contributed by atoms with Gasteiger partial charge in [-0.25, -0.2) is 4.39 Å². The predicted molar refractivity (Wildman–Crippen MR) is 120 cm³/mol. The summed E-state index contributed by atoms with van der Waals surface area (Å²) in [5.41, 5.74) is 2.67. The molecule has 3 nitrogen and oxygen atoms in total. The van der Waals surface area contributed by atoms with Gasteiger partial charge in [0.2, 0.25) is 0 Å². The van der Waals surface area contributed by atoms with Crippen LogP contribution in [0.15, 0.2) is 54.6 Å². The van der Waals surface area contributed by atoms with Crippen LogP contribution in [-0.2, 0) is 19.7 Å². The molecule has 3 aromatic rings. The molecular formula is C23H21Cl3FNO2. The lowest BCUT2D eigenvalue weighted by molar-refractivity contribution is 0.269.